The average molecular weight is 237 g/mol. The molecule has 4 heteroatoms. The lowest BCUT2D eigenvalue weighted by Crippen LogP contribution is -2.51. The van der Waals surface area contributed by atoms with Gasteiger partial charge < -0.3 is 15.6 Å². The highest BCUT2D eigenvalue weighted by Gasteiger charge is 2.55. The molecule has 0 spiro atoms. The van der Waals surface area contributed by atoms with E-state index in [-0.39, 0.29) is 11.8 Å². The van der Waals surface area contributed by atoms with Crippen molar-refractivity contribution in [2.45, 2.75) is 19.3 Å². The summed E-state index contributed by atoms with van der Waals surface area (Å²) in [6.45, 7) is 2.19. The van der Waals surface area contributed by atoms with Crippen molar-refractivity contribution in [1.29, 1.82) is 0 Å². The molecule has 3 rings (SSSR count). The van der Waals surface area contributed by atoms with Crippen LogP contribution in [-0.2, 0) is 9.53 Å². The van der Waals surface area contributed by atoms with Gasteiger partial charge >= 0.3 is 5.97 Å². The second-order valence-electron chi connectivity index (χ2n) is 5.81. The fraction of sp³-hybridized carbons (Fsp3) is 0.769. The Labute approximate surface area is 101 Å². The summed E-state index contributed by atoms with van der Waals surface area (Å²) < 4.78 is 5.22. The maximum absolute atomic E-state index is 10.9. The van der Waals surface area contributed by atoms with Crippen LogP contribution >= 0.6 is 0 Å². The van der Waals surface area contributed by atoms with Gasteiger partial charge in [0.05, 0.1) is 19.6 Å². The van der Waals surface area contributed by atoms with E-state index in [2.05, 4.69) is 6.08 Å². The van der Waals surface area contributed by atoms with Gasteiger partial charge in [0.15, 0.2) is 0 Å². The third kappa shape index (κ3) is 1.62. The van der Waals surface area contributed by atoms with Gasteiger partial charge in [0.2, 0.25) is 0 Å². The molecule has 4 nitrogen and oxygen atoms in total. The van der Waals surface area contributed by atoms with Crippen LogP contribution in [0.2, 0.25) is 0 Å². The number of hydrogen-bond donors (Lipinski definition) is 2. The summed E-state index contributed by atoms with van der Waals surface area (Å²) in [6.07, 6.45) is 4.65. The van der Waals surface area contributed by atoms with Crippen molar-refractivity contribution in [2.75, 3.05) is 19.8 Å². The third-order valence-electron chi connectivity index (χ3n) is 4.85. The summed E-state index contributed by atoms with van der Waals surface area (Å²) in [7, 11) is 0. The predicted molar refractivity (Wildman–Crippen MR) is 62.3 cm³/mol. The summed E-state index contributed by atoms with van der Waals surface area (Å²) in [5.41, 5.74) is 7.15. The van der Waals surface area contributed by atoms with Crippen LogP contribution in [0.1, 0.15) is 19.3 Å². The standard InChI is InChI=1S/C13H19NO3/c14-7-13(4-12(15)16)3-9-1-8(2-11(9)13)10-5-17-6-10/h2,9-11H,1,3-7,14H2,(H,15,16)/t9-,11-,13-/m0/s1. The molecule has 17 heavy (non-hydrogen) atoms. The molecule has 0 aromatic carbocycles. The highest BCUT2D eigenvalue weighted by atomic mass is 16.5. The van der Waals surface area contributed by atoms with Crippen molar-refractivity contribution in [1.82, 2.24) is 0 Å². The second kappa shape index (κ2) is 3.82. The molecular formula is C13H19NO3. The van der Waals surface area contributed by atoms with Crippen LogP contribution in [0.4, 0.5) is 0 Å². The van der Waals surface area contributed by atoms with E-state index < -0.39 is 5.97 Å². The molecule has 3 atom stereocenters. The number of carboxylic acid groups (broad SMARTS) is 1. The van der Waals surface area contributed by atoms with E-state index in [1.807, 2.05) is 0 Å². The molecule has 1 aliphatic heterocycles. The van der Waals surface area contributed by atoms with Crippen molar-refractivity contribution in [3.63, 3.8) is 0 Å². The highest BCUT2D eigenvalue weighted by Crippen LogP contribution is 2.60. The molecule has 0 aromatic rings. The molecule has 0 unspecified atom stereocenters. The first-order valence-corrected chi connectivity index (χ1v) is 6.35. The van der Waals surface area contributed by atoms with Crippen molar-refractivity contribution in [2.24, 2.45) is 28.9 Å². The van der Waals surface area contributed by atoms with Crippen LogP contribution in [-0.4, -0.2) is 30.8 Å². The van der Waals surface area contributed by atoms with Crippen LogP contribution in [0.15, 0.2) is 11.6 Å². The summed E-state index contributed by atoms with van der Waals surface area (Å²) in [6, 6.07) is 0. The molecule has 0 amide bonds. The largest absolute Gasteiger partial charge is 0.481 e. The number of allylic oxidation sites excluding steroid dienone is 1. The number of aliphatic carboxylic acids is 1. The second-order valence-corrected chi connectivity index (χ2v) is 5.81. The van der Waals surface area contributed by atoms with Gasteiger partial charge in [-0.25, -0.2) is 0 Å². The van der Waals surface area contributed by atoms with E-state index in [0.29, 0.717) is 24.3 Å². The topological polar surface area (TPSA) is 72.6 Å². The Morgan fingerprint density at radius 2 is 2.35 bits per heavy atom. The zero-order valence-electron chi connectivity index (χ0n) is 9.89. The Bertz CT molecular complexity index is 375. The van der Waals surface area contributed by atoms with Crippen molar-refractivity contribution in [3.05, 3.63) is 11.6 Å². The van der Waals surface area contributed by atoms with E-state index in [1.165, 1.54) is 5.57 Å². The monoisotopic (exact) mass is 237 g/mol. The zero-order valence-corrected chi connectivity index (χ0v) is 9.89. The third-order valence-corrected chi connectivity index (χ3v) is 4.85. The lowest BCUT2D eigenvalue weighted by Gasteiger charge is -2.51. The molecule has 0 aromatic heterocycles. The van der Waals surface area contributed by atoms with Gasteiger partial charge in [0.25, 0.3) is 0 Å². The number of fused-ring (bicyclic) bond motifs is 1. The van der Waals surface area contributed by atoms with E-state index in [9.17, 15) is 4.79 Å². The highest BCUT2D eigenvalue weighted by molar-refractivity contribution is 5.68. The summed E-state index contributed by atoms with van der Waals surface area (Å²) in [5, 5.41) is 9.00. The smallest absolute Gasteiger partial charge is 0.303 e. The Balaban J connectivity index is 1.74. The minimum Gasteiger partial charge on any atom is -0.481 e. The molecule has 3 aliphatic rings. The van der Waals surface area contributed by atoms with Gasteiger partial charge in [0, 0.05) is 5.92 Å². The van der Waals surface area contributed by atoms with Gasteiger partial charge in [-0.3, -0.25) is 4.79 Å². The van der Waals surface area contributed by atoms with Gasteiger partial charge in [-0.1, -0.05) is 11.6 Å². The van der Waals surface area contributed by atoms with Crippen LogP contribution in [0.5, 0.6) is 0 Å². The molecule has 1 saturated heterocycles. The number of nitrogens with two attached hydrogens (primary N) is 1. The summed E-state index contributed by atoms with van der Waals surface area (Å²) in [5.74, 6) is 0.927. The minimum atomic E-state index is -0.720. The normalized spacial score (nSPS) is 40.2. The van der Waals surface area contributed by atoms with E-state index in [0.717, 1.165) is 26.1 Å². The molecule has 2 aliphatic carbocycles. The van der Waals surface area contributed by atoms with Crippen LogP contribution in [0.25, 0.3) is 0 Å². The van der Waals surface area contributed by atoms with Gasteiger partial charge in [-0.2, -0.15) is 0 Å². The molecule has 0 radical (unpaired) electrons. The molecule has 1 saturated carbocycles. The lowest BCUT2D eigenvalue weighted by molar-refractivity contribution is -0.144. The van der Waals surface area contributed by atoms with Crippen LogP contribution in [0.3, 0.4) is 0 Å². The Morgan fingerprint density at radius 3 is 2.88 bits per heavy atom. The van der Waals surface area contributed by atoms with E-state index in [1.54, 1.807) is 0 Å². The number of rotatable bonds is 4. The lowest BCUT2D eigenvalue weighted by atomic mass is 9.53. The van der Waals surface area contributed by atoms with E-state index >= 15 is 0 Å². The minimum absolute atomic E-state index is 0.164. The molecule has 94 valence electrons. The summed E-state index contributed by atoms with van der Waals surface area (Å²) in [4.78, 5) is 10.9. The number of hydrogen-bond acceptors (Lipinski definition) is 3. The van der Waals surface area contributed by atoms with Gasteiger partial charge in [-0.05, 0) is 36.6 Å². The average Bonchev–Trinajstić information content (AvgIpc) is 2.51. The fourth-order valence-corrected chi connectivity index (χ4v) is 3.77. The number of ether oxygens (including phenoxy) is 1. The fourth-order valence-electron chi connectivity index (χ4n) is 3.77. The molecule has 1 heterocycles. The number of carbonyl (C=O) groups is 1. The number of carboxylic acids is 1. The quantitative estimate of drug-likeness (QED) is 0.716. The Morgan fingerprint density at radius 1 is 1.59 bits per heavy atom. The molecule has 3 N–H and O–H groups in total. The zero-order chi connectivity index (χ0) is 12.0. The van der Waals surface area contributed by atoms with Crippen LogP contribution in [0, 0.1) is 23.2 Å². The first kappa shape index (κ1) is 11.2. The van der Waals surface area contributed by atoms with E-state index in [4.69, 9.17) is 15.6 Å². The predicted octanol–water partition coefficient (Wildman–Crippen LogP) is 1.02. The van der Waals surface area contributed by atoms with Gasteiger partial charge in [0.1, 0.15) is 0 Å². The van der Waals surface area contributed by atoms with Crippen molar-refractivity contribution in [3.8, 4) is 0 Å². The molecule has 2 fully saturated rings. The Hall–Kier alpha value is -0.870. The van der Waals surface area contributed by atoms with Crippen molar-refractivity contribution < 1.29 is 14.6 Å². The molecule has 0 bridgehead atoms. The first-order chi connectivity index (χ1) is 8.14. The SMILES string of the molecule is NC[C@@]1(CC(=O)O)C[C@@H]2CC(C3COC3)=C[C@@H]21. The Kier molecular flexibility index (Phi) is 2.52. The van der Waals surface area contributed by atoms with Crippen LogP contribution < -0.4 is 5.73 Å². The van der Waals surface area contributed by atoms with Crippen molar-refractivity contribution >= 4 is 5.97 Å². The maximum Gasteiger partial charge on any atom is 0.303 e. The first-order valence-electron chi connectivity index (χ1n) is 6.35. The maximum atomic E-state index is 10.9. The van der Waals surface area contributed by atoms with Gasteiger partial charge in [-0.15, -0.1) is 0 Å². The summed E-state index contributed by atoms with van der Waals surface area (Å²) >= 11 is 0. The molecular weight excluding hydrogens is 218 g/mol.